The number of aliphatic hydroxyl groups is 1. The summed E-state index contributed by atoms with van der Waals surface area (Å²) in [7, 11) is -3.54. The average Bonchev–Trinajstić information content (AvgIpc) is 2.78. The zero-order valence-electron chi connectivity index (χ0n) is 11.1. The summed E-state index contributed by atoms with van der Waals surface area (Å²) in [5.74, 6) is 0. The standard InChI is InChI=1S/C13H18ClNO3S/c1-9-4-3-5-15(9)19(17,18)13-7-12(14)6-11(8-16)10(13)2/h6-7,9,16H,3-5,8H2,1-2H3. The number of sulfonamides is 1. The molecule has 1 fully saturated rings. The summed E-state index contributed by atoms with van der Waals surface area (Å²) in [6.07, 6.45) is 1.76. The van der Waals surface area contributed by atoms with E-state index >= 15 is 0 Å². The molecule has 0 saturated carbocycles. The maximum Gasteiger partial charge on any atom is 0.243 e. The molecule has 6 heteroatoms. The molecule has 19 heavy (non-hydrogen) atoms. The van der Waals surface area contributed by atoms with E-state index in [9.17, 15) is 13.5 Å². The van der Waals surface area contributed by atoms with E-state index < -0.39 is 10.0 Å². The predicted octanol–water partition coefficient (Wildman–Crippen LogP) is 2.31. The molecular formula is C13H18ClNO3S. The minimum atomic E-state index is -3.54. The molecule has 0 aliphatic carbocycles. The van der Waals surface area contributed by atoms with Crippen molar-refractivity contribution in [3.05, 3.63) is 28.3 Å². The van der Waals surface area contributed by atoms with E-state index in [1.165, 1.54) is 10.4 Å². The molecule has 1 unspecified atom stereocenters. The molecule has 2 rings (SSSR count). The molecule has 1 heterocycles. The van der Waals surface area contributed by atoms with Crippen molar-refractivity contribution in [2.45, 2.75) is 44.2 Å². The van der Waals surface area contributed by atoms with Gasteiger partial charge in [0, 0.05) is 17.6 Å². The van der Waals surface area contributed by atoms with Crippen molar-refractivity contribution in [2.75, 3.05) is 6.54 Å². The van der Waals surface area contributed by atoms with Gasteiger partial charge in [0.1, 0.15) is 0 Å². The molecule has 1 N–H and O–H groups in total. The van der Waals surface area contributed by atoms with Gasteiger partial charge in [-0.1, -0.05) is 11.6 Å². The Kier molecular flexibility index (Phi) is 4.20. The molecule has 1 aromatic carbocycles. The number of aliphatic hydroxyl groups excluding tert-OH is 1. The van der Waals surface area contributed by atoms with Gasteiger partial charge in [-0.3, -0.25) is 0 Å². The first-order valence-electron chi connectivity index (χ1n) is 6.29. The van der Waals surface area contributed by atoms with Gasteiger partial charge in [-0.25, -0.2) is 8.42 Å². The van der Waals surface area contributed by atoms with E-state index in [1.807, 2.05) is 6.92 Å². The van der Waals surface area contributed by atoms with Crippen LogP contribution in [0.5, 0.6) is 0 Å². The van der Waals surface area contributed by atoms with E-state index in [-0.39, 0.29) is 17.5 Å². The van der Waals surface area contributed by atoms with Crippen LogP contribution in [-0.4, -0.2) is 30.4 Å². The first-order chi connectivity index (χ1) is 8.87. The summed E-state index contributed by atoms with van der Waals surface area (Å²) in [4.78, 5) is 0.206. The van der Waals surface area contributed by atoms with Crippen molar-refractivity contribution in [3.63, 3.8) is 0 Å². The Morgan fingerprint density at radius 2 is 2.16 bits per heavy atom. The second-order valence-corrected chi connectivity index (χ2v) is 7.25. The molecule has 1 aromatic rings. The van der Waals surface area contributed by atoms with Gasteiger partial charge in [0.25, 0.3) is 0 Å². The van der Waals surface area contributed by atoms with Gasteiger partial charge in [0.2, 0.25) is 10.0 Å². The van der Waals surface area contributed by atoms with Crippen LogP contribution in [0.3, 0.4) is 0 Å². The highest BCUT2D eigenvalue weighted by Gasteiger charge is 2.34. The van der Waals surface area contributed by atoms with Crippen LogP contribution in [0.25, 0.3) is 0 Å². The number of nitrogens with zero attached hydrogens (tertiary/aromatic N) is 1. The lowest BCUT2D eigenvalue weighted by atomic mass is 10.1. The van der Waals surface area contributed by atoms with Crippen LogP contribution in [0.15, 0.2) is 17.0 Å². The molecule has 0 radical (unpaired) electrons. The van der Waals surface area contributed by atoms with Gasteiger partial charge in [-0.15, -0.1) is 0 Å². The van der Waals surface area contributed by atoms with Crippen molar-refractivity contribution in [2.24, 2.45) is 0 Å². The molecule has 1 saturated heterocycles. The number of benzene rings is 1. The van der Waals surface area contributed by atoms with Crippen LogP contribution in [0, 0.1) is 6.92 Å². The number of hydrogen-bond acceptors (Lipinski definition) is 3. The van der Waals surface area contributed by atoms with E-state index in [4.69, 9.17) is 11.6 Å². The van der Waals surface area contributed by atoms with Crippen molar-refractivity contribution in [1.29, 1.82) is 0 Å². The number of hydrogen-bond donors (Lipinski definition) is 1. The fraction of sp³-hybridized carbons (Fsp3) is 0.538. The van der Waals surface area contributed by atoms with Crippen LogP contribution in [0.2, 0.25) is 5.02 Å². The quantitative estimate of drug-likeness (QED) is 0.932. The van der Waals surface area contributed by atoms with Crippen molar-refractivity contribution in [1.82, 2.24) is 4.31 Å². The van der Waals surface area contributed by atoms with Gasteiger partial charge in [0.15, 0.2) is 0 Å². The van der Waals surface area contributed by atoms with Gasteiger partial charge in [-0.05, 0) is 49.9 Å². The van der Waals surface area contributed by atoms with Crippen molar-refractivity contribution in [3.8, 4) is 0 Å². The fourth-order valence-corrected chi connectivity index (χ4v) is 4.83. The van der Waals surface area contributed by atoms with E-state index in [1.54, 1.807) is 13.0 Å². The Hall–Kier alpha value is -0.620. The lowest BCUT2D eigenvalue weighted by Gasteiger charge is -2.23. The normalized spacial score (nSPS) is 20.9. The summed E-state index contributed by atoms with van der Waals surface area (Å²) in [5.41, 5.74) is 1.13. The van der Waals surface area contributed by atoms with Crippen LogP contribution in [0.4, 0.5) is 0 Å². The van der Waals surface area contributed by atoms with Gasteiger partial charge in [-0.2, -0.15) is 4.31 Å². The zero-order chi connectivity index (χ0) is 14.2. The largest absolute Gasteiger partial charge is 0.392 e. The smallest absolute Gasteiger partial charge is 0.243 e. The Balaban J connectivity index is 2.54. The third-order valence-electron chi connectivity index (χ3n) is 3.68. The molecule has 1 aliphatic heterocycles. The summed E-state index contributed by atoms with van der Waals surface area (Å²) >= 11 is 5.96. The second-order valence-electron chi connectivity index (χ2n) is 4.95. The highest BCUT2D eigenvalue weighted by molar-refractivity contribution is 7.89. The molecule has 0 bridgehead atoms. The Labute approximate surface area is 119 Å². The molecule has 0 amide bonds. The minimum Gasteiger partial charge on any atom is -0.392 e. The van der Waals surface area contributed by atoms with Crippen molar-refractivity contribution >= 4 is 21.6 Å². The first kappa shape index (κ1) is 14.8. The van der Waals surface area contributed by atoms with Crippen molar-refractivity contribution < 1.29 is 13.5 Å². The first-order valence-corrected chi connectivity index (χ1v) is 8.11. The summed E-state index contributed by atoms with van der Waals surface area (Å²) in [6, 6.07) is 3.08. The van der Waals surface area contributed by atoms with E-state index in [0.29, 0.717) is 22.7 Å². The number of halogens is 1. The average molecular weight is 304 g/mol. The molecule has 0 spiro atoms. The van der Waals surface area contributed by atoms with E-state index in [2.05, 4.69) is 0 Å². The SMILES string of the molecule is Cc1c(CO)cc(Cl)cc1S(=O)(=O)N1CCCC1C. The van der Waals surface area contributed by atoms with Crippen LogP contribution < -0.4 is 0 Å². The monoisotopic (exact) mass is 303 g/mol. The molecule has 0 aromatic heterocycles. The molecule has 1 atom stereocenters. The zero-order valence-corrected chi connectivity index (χ0v) is 12.6. The molecule has 106 valence electrons. The Morgan fingerprint density at radius 1 is 1.47 bits per heavy atom. The maximum absolute atomic E-state index is 12.7. The molecule has 4 nitrogen and oxygen atoms in total. The van der Waals surface area contributed by atoms with Gasteiger partial charge >= 0.3 is 0 Å². The maximum atomic E-state index is 12.7. The summed E-state index contributed by atoms with van der Waals surface area (Å²) < 4.78 is 26.9. The van der Waals surface area contributed by atoms with Gasteiger partial charge in [0.05, 0.1) is 11.5 Å². The fourth-order valence-electron chi connectivity index (χ4n) is 2.53. The lowest BCUT2D eigenvalue weighted by Crippen LogP contribution is -2.34. The second kappa shape index (κ2) is 5.40. The third kappa shape index (κ3) is 2.65. The Bertz CT molecular complexity index is 586. The highest BCUT2D eigenvalue weighted by Crippen LogP contribution is 2.31. The van der Waals surface area contributed by atoms with Crippen LogP contribution in [-0.2, 0) is 16.6 Å². The topological polar surface area (TPSA) is 57.6 Å². The minimum absolute atomic E-state index is 0.0148. The Morgan fingerprint density at radius 3 is 2.68 bits per heavy atom. The molecular weight excluding hydrogens is 286 g/mol. The third-order valence-corrected chi connectivity index (χ3v) is 6.04. The van der Waals surface area contributed by atoms with Crippen LogP contribution >= 0.6 is 11.6 Å². The van der Waals surface area contributed by atoms with Gasteiger partial charge < -0.3 is 5.11 Å². The molecule has 1 aliphatic rings. The van der Waals surface area contributed by atoms with Crippen LogP contribution in [0.1, 0.15) is 30.9 Å². The predicted molar refractivity (Wildman–Crippen MR) is 74.7 cm³/mol. The summed E-state index contributed by atoms with van der Waals surface area (Å²) in [6.45, 7) is 3.95. The van der Waals surface area contributed by atoms with E-state index in [0.717, 1.165) is 12.8 Å². The summed E-state index contributed by atoms with van der Waals surface area (Å²) in [5, 5.41) is 9.62. The lowest BCUT2D eigenvalue weighted by molar-refractivity contribution is 0.280. The highest BCUT2D eigenvalue weighted by atomic mass is 35.5. The number of rotatable bonds is 3.